The van der Waals surface area contributed by atoms with Crippen molar-refractivity contribution in [2.75, 3.05) is 0 Å². The van der Waals surface area contributed by atoms with Gasteiger partial charge >= 0.3 is 0 Å². The van der Waals surface area contributed by atoms with Crippen molar-refractivity contribution >= 4 is 22.2 Å². The summed E-state index contributed by atoms with van der Waals surface area (Å²) in [6.07, 6.45) is 0.635. The number of aliphatic hydroxyl groups is 1. The molecule has 0 spiro atoms. The zero-order valence-electron chi connectivity index (χ0n) is 17.7. The second-order valence-electron chi connectivity index (χ2n) is 8.95. The SMILES string of the molecule is O=C[C@@H]1C2CC(C(Br)C2O[C@@H](c2ccccc2)[C@@H](O)c2ccccc2)C1c1ccccc1. The molecule has 0 aliphatic heterocycles. The average Bonchev–Trinajstić information content (AvgIpc) is 3.39. The highest BCUT2D eigenvalue weighted by atomic mass is 79.9. The number of benzene rings is 3. The molecule has 32 heavy (non-hydrogen) atoms. The number of aliphatic hydroxyl groups excluding tert-OH is 1. The van der Waals surface area contributed by atoms with E-state index < -0.39 is 12.2 Å². The fourth-order valence-electron chi connectivity index (χ4n) is 5.81. The van der Waals surface area contributed by atoms with Crippen LogP contribution in [0.5, 0.6) is 0 Å². The van der Waals surface area contributed by atoms with Crippen molar-refractivity contribution in [3.8, 4) is 0 Å². The maximum Gasteiger partial charge on any atom is 0.124 e. The number of hydrogen-bond donors (Lipinski definition) is 1. The van der Waals surface area contributed by atoms with Crippen molar-refractivity contribution in [1.29, 1.82) is 0 Å². The summed E-state index contributed by atoms with van der Waals surface area (Å²) in [4.78, 5) is 12.4. The fraction of sp³-hybridized carbons (Fsp3) is 0.321. The molecule has 2 saturated carbocycles. The molecular formula is C28H27BrO3. The van der Waals surface area contributed by atoms with Gasteiger partial charge in [-0.3, -0.25) is 0 Å². The Morgan fingerprint density at radius 3 is 2.00 bits per heavy atom. The van der Waals surface area contributed by atoms with Gasteiger partial charge < -0.3 is 14.6 Å². The fourth-order valence-corrected chi connectivity index (χ4v) is 6.87. The molecule has 5 rings (SSSR count). The van der Waals surface area contributed by atoms with E-state index in [4.69, 9.17) is 4.74 Å². The van der Waals surface area contributed by atoms with E-state index in [1.807, 2.05) is 78.9 Å². The van der Waals surface area contributed by atoms with Crippen LogP contribution in [0.2, 0.25) is 0 Å². The Balaban J connectivity index is 1.44. The van der Waals surface area contributed by atoms with Gasteiger partial charge in [-0.1, -0.05) is 107 Å². The number of aldehydes is 1. The summed E-state index contributed by atoms with van der Waals surface area (Å²) in [5.74, 6) is 0.581. The Kier molecular flexibility index (Phi) is 6.27. The predicted molar refractivity (Wildman–Crippen MR) is 129 cm³/mol. The van der Waals surface area contributed by atoms with Gasteiger partial charge in [0.25, 0.3) is 0 Å². The van der Waals surface area contributed by atoms with Crippen LogP contribution in [-0.4, -0.2) is 22.3 Å². The van der Waals surface area contributed by atoms with E-state index in [9.17, 15) is 9.90 Å². The topological polar surface area (TPSA) is 46.5 Å². The van der Waals surface area contributed by atoms with Crippen LogP contribution in [0.3, 0.4) is 0 Å². The lowest BCUT2D eigenvalue weighted by Crippen LogP contribution is -2.41. The third-order valence-electron chi connectivity index (χ3n) is 7.26. The Bertz CT molecular complexity index is 1030. The van der Waals surface area contributed by atoms with Gasteiger partial charge in [0.2, 0.25) is 0 Å². The first kappa shape index (κ1) is 21.6. The van der Waals surface area contributed by atoms with E-state index in [-0.39, 0.29) is 28.7 Å². The number of hydrogen-bond acceptors (Lipinski definition) is 3. The van der Waals surface area contributed by atoms with Crippen LogP contribution in [-0.2, 0) is 9.53 Å². The maximum absolute atomic E-state index is 12.2. The molecule has 8 atom stereocenters. The molecule has 3 aromatic carbocycles. The largest absolute Gasteiger partial charge is 0.385 e. The standard InChI is InChI=1S/C28H27BrO3/c29-25-22-16-21(23(17-30)24(22)18-10-4-1-5-11-18)28(25)32-27(20-14-8-3-9-15-20)26(31)19-12-6-2-7-13-19/h1-15,17,21-28,31H,16H2/t21?,22?,23-,24?,25?,26+,27+,28?/m1/s1. The van der Waals surface area contributed by atoms with Crippen molar-refractivity contribution in [2.45, 2.75) is 35.5 Å². The van der Waals surface area contributed by atoms with Gasteiger partial charge in [0, 0.05) is 10.7 Å². The van der Waals surface area contributed by atoms with Gasteiger partial charge in [0.15, 0.2) is 0 Å². The van der Waals surface area contributed by atoms with Gasteiger partial charge in [-0.25, -0.2) is 0 Å². The third kappa shape index (κ3) is 3.85. The molecule has 0 aromatic heterocycles. The molecule has 1 N–H and O–H groups in total. The monoisotopic (exact) mass is 490 g/mol. The van der Waals surface area contributed by atoms with Gasteiger partial charge in [-0.15, -0.1) is 0 Å². The van der Waals surface area contributed by atoms with Crippen molar-refractivity contribution in [2.24, 2.45) is 17.8 Å². The molecule has 4 heteroatoms. The molecule has 164 valence electrons. The van der Waals surface area contributed by atoms with Crippen molar-refractivity contribution in [1.82, 2.24) is 0 Å². The summed E-state index contributed by atoms with van der Waals surface area (Å²) in [5, 5.41) is 11.3. The Labute approximate surface area is 197 Å². The van der Waals surface area contributed by atoms with E-state index >= 15 is 0 Å². The van der Waals surface area contributed by atoms with E-state index in [1.54, 1.807) is 0 Å². The first-order valence-corrected chi connectivity index (χ1v) is 12.2. The lowest BCUT2D eigenvalue weighted by atomic mass is 9.75. The molecule has 5 unspecified atom stereocenters. The Morgan fingerprint density at radius 2 is 1.41 bits per heavy atom. The van der Waals surface area contributed by atoms with Crippen molar-refractivity contribution < 1.29 is 14.6 Å². The number of carbonyl (C=O) groups is 1. The number of rotatable bonds is 7. The molecule has 2 bridgehead atoms. The number of carbonyl (C=O) groups excluding carboxylic acids is 1. The van der Waals surface area contributed by atoms with E-state index in [2.05, 4.69) is 28.1 Å². The molecular weight excluding hydrogens is 464 g/mol. The summed E-state index contributed by atoms with van der Waals surface area (Å²) in [6, 6.07) is 29.9. The molecule has 0 amide bonds. The van der Waals surface area contributed by atoms with Crippen LogP contribution in [0, 0.1) is 17.8 Å². The lowest BCUT2D eigenvalue weighted by molar-refractivity contribution is -0.123. The summed E-state index contributed by atoms with van der Waals surface area (Å²) in [6.45, 7) is 0. The molecule has 2 aliphatic carbocycles. The highest BCUT2D eigenvalue weighted by Gasteiger charge is 2.58. The summed E-state index contributed by atoms with van der Waals surface area (Å²) >= 11 is 3.94. The summed E-state index contributed by atoms with van der Waals surface area (Å²) < 4.78 is 6.72. The first-order valence-electron chi connectivity index (χ1n) is 11.3. The molecule has 3 nitrogen and oxygen atoms in total. The highest BCUT2D eigenvalue weighted by molar-refractivity contribution is 9.09. The van der Waals surface area contributed by atoms with Crippen LogP contribution >= 0.6 is 15.9 Å². The smallest absolute Gasteiger partial charge is 0.124 e. The van der Waals surface area contributed by atoms with Gasteiger partial charge in [-0.05, 0) is 40.9 Å². The molecule has 2 fully saturated rings. The normalized spacial score (nSPS) is 30.7. The zero-order valence-corrected chi connectivity index (χ0v) is 19.3. The Hall–Kier alpha value is -2.27. The van der Waals surface area contributed by atoms with Crippen molar-refractivity contribution in [3.63, 3.8) is 0 Å². The highest BCUT2D eigenvalue weighted by Crippen LogP contribution is 2.60. The Morgan fingerprint density at radius 1 is 0.844 bits per heavy atom. The number of alkyl halides is 1. The molecule has 0 radical (unpaired) electrons. The average molecular weight is 491 g/mol. The number of ether oxygens (including phenoxy) is 1. The predicted octanol–water partition coefficient (Wildman–Crippen LogP) is 5.86. The van der Waals surface area contributed by atoms with Crippen LogP contribution in [0.15, 0.2) is 91.0 Å². The van der Waals surface area contributed by atoms with Crippen LogP contribution in [0.1, 0.15) is 41.2 Å². The summed E-state index contributed by atoms with van der Waals surface area (Å²) in [5.41, 5.74) is 2.99. The number of fused-ring (bicyclic) bond motifs is 2. The van der Waals surface area contributed by atoms with E-state index in [1.165, 1.54) is 5.56 Å². The minimum absolute atomic E-state index is 0.0773. The van der Waals surface area contributed by atoms with E-state index in [0.717, 1.165) is 23.8 Å². The van der Waals surface area contributed by atoms with Crippen molar-refractivity contribution in [3.05, 3.63) is 108 Å². The zero-order chi connectivity index (χ0) is 22.1. The van der Waals surface area contributed by atoms with Gasteiger partial charge in [0.1, 0.15) is 18.5 Å². The third-order valence-corrected chi connectivity index (χ3v) is 8.46. The lowest BCUT2D eigenvalue weighted by Gasteiger charge is -2.39. The minimum Gasteiger partial charge on any atom is -0.385 e. The quantitative estimate of drug-likeness (QED) is 0.333. The van der Waals surface area contributed by atoms with Crippen LogP contribution in [0.25, 0.3) is 0 Å². The number of halogens is 1. The van der Waals surface area contributed by atoms with Gasteiger partial charge in [0.05, 0.1) is 6.10 Å². The second kappa shape index (κ2) is 9.30. The maximum atomic E-state index is 12.2. The van der Waals surface area contributed by atoms with Gasteiger partial charge in [-0.2, -0.15) is 0 Å². The van der Waals surface area contributed by atoms with Crippen LogP contribution < -0.4 is 0 Å². The second-order valence-corrected chi connectivity index (χ2v) is 10.0. The summed E-state index contributed by atoms with van der Waals surface area (Å²) in [7, 11) is 0. The first-order chi connectivity index (χ1) is 15.7. The molecule has 3 aromatic rings. The molecule has 0 saturated heterocycles. The minimum atomic E-state index is -0.794. The molecule has 0 heterocycles. The molecule has 2 aliphatic rings. The van der Waals surface area contributed by atoms with E-state index in [0.29, 0.717) is 5.92 Å². The van der Waals surface area contributed by atoms with Crippen LogP contribution in [0.4, 0.5) is 0 Å².